The van der Waals surface area contributed by atoms with Crippen molar-refractivity contribution in [3.8, 4) is 11.1 Å². The molecule has 1 saturated heterocycles. The van der Waals surface area contributed by atoms with E-state index in [1.165, 1.54) is 29.5 Å². The van der Waals surface area contributed by atoms with Gasteiger partial charge < -0.3 is 15.0 Å². The maximum atomic E-state index is 11.6. The highest BCUT2D eigenvalue weighted by Crippen LogP contribution is 2.29. The number of nitrogens with one attached hydrogen (secondary N) is 1. The second-order valence-corrected chi connectivity index (χ2v) is 8.81. The van der Waals surface area contributed by atoms with E-state index in [9.17, 15) is 9.90 Å². The number of aryl methyl sites for hydroxylation is 1. The molecule has 33 heavy (non-hydrogen) atoms. The van der Waals surface area contributed by atoms with E-state index in [0.717, 1.165) is 48.4 Å². The van der Waals surface area contributed by atoms with E-state index < -0.39 is 5.97 Å². The minimum absolute atomic E-state index is 0.323. The third-order valence-electron chi connectivity index (χ3n) is 6.55. The van der Waals surface area contributed by atoms with Gasteiger partial charge in [0, 0.05) is 19.0 Å². The van der Waals surface area contributed by atoms with Crippen molar-refractivity contribution in [2.75, 3.05) is 6.54 Å². The first-order valence-corrected chi connectivity index (χ1v) is 11.8. The van der Waals surface area contributed by atoms with Crippen LogP contribution in [0.2, 0.25) is 0 Å². The molecule has 1 fully saturated rings. The summed E-state index contributed by atoms with van der Waals surface area (Å²) in [6.07, 6.45) is 4.39. The highest BCUT2D eigenvalue weighted by atomic mass is 16.4. The molecule has 1 aliphatic rings. The minimum Gasteiger partial charge on any atom is -0.478 e. The van der Waals surface area contributed by atoms with E-state index in [1.54, 1.807) is 12.1 Å². The summed E-state index contributed by atoms with van der Waals surface area (Å²) in [6, 6.07) is 22.5. The fourth-order valence-corrected chi connectivity index (χ4v) is 4.86. The van der Waals surface area contributed by atoms with Gasteiger partial charge in [-0.25, -0.2) is 9.78 Å². The summed E-state index contributed by atoms with van der Waals surface area (Å²) in [6.45, 7) is 4.01. The van der Waals surface area contributed by atoms with E-state index >= 15 is 0 Å². The van der Waals surface area contributed by atoms with E-state index in [2.05, 4.69) is 47.1 Å². The molecule has 168 valence electrons. The number of rotatable bonds is 7. The molecule has 0 spiro atoms. The van der Waals surface area contributed by atoms with E-state index in [4.69, 9.17) is 4.98 Å². The van der Waals surface area contributed by atoms with E-state index in [0.29, 0.717) is 11.6 Å². The van der Waals surface area contributed by atoms with Crippen molar-refractivity contribution in [3.63, 3.8) is 0 Å². The Morgan fingerprint density at radius 1 is 1.12 bits per heavy atom. The Morgan fingerprint density at radius 3 is 2.67 bits per heavy atom. The molecule has 5 rings (SSSR count). The van der Waals surface area contributed by atoms with Gasteiger partial charge in [0.15, 0.2) is 0 Å². The average molecular weight is 440 g/mol. The Bertz CT molecular complexity index is 1280. The second kappa shape index (κ2) is 9.20. The molecule has 5 nitrogen and oxygen atoms in total. The quantitative estimate of drug-likeness (QED) is 0.380. The number of hydrogen-bond donors (Lipinski definition) is 2. The maximum absolute atomic E-state index is 11.6. The lowest BCUT2D eigenvalue weighted by Gasteiger charge is -2.13. The van der Waals surface area contributed by atoms with Crippen molar-refractivity contribution in [1.29, 1.82) is 0 Å². The Labute approximate surface area is 194 Å². The molecular formula is C28H29N3O2. The molecule has 1 atom stereocenters. The zero-order chi connectivity index (χ0) is 22.8. The van der Waals surface area contributed by atoms with Gasteiger partial charge in [-0.05, 0) is 66.3 Å². The maximum Gasteiger partial charge on any atom is 0.336 e. The van der Waals surface area contributed by atoms with Crippen molar-refractivity contribution < 1.29 is 9.90 Å². The number of nitrogens with zero attached hydrogens (tertiary/aromatic N) is 2. The number of carboxylic acid groups (broad SMARTS) is 1. The first kappa shape index (κ1) is 21.4. The number of fused-ring (bicyclic) bond motifs is 1. The number of benzene rings is 3. The van der Waals surface area contributed by atoms with Gasteiger partial charge in [-0.1, -0.05) is 55.5 Å². The van der Waals surface area contributed by atoms with Crippen molar-refractivity contribution in [2.24, 2.45) is 0 Å². The lowest BCUT2D eigenvalue weighted by molar-refractivity contribution is 0.0697. The monoisotopic (exact) mass is 439 g/mol. The normalized spacial score (nSPS) is 15.8. The van der Waals surface area contributed by atoms with Crippen LogP contribution in [0.4, 0.5) is 0 Å². The molecule has 0 radical (unpaired) electrons. The number of aromatic nitrogens is 2. The number of aromatic carboxylic acids is 1. The Kier molecular flexibility index (Phi) is 5.97. The van der Waals surface area contributed by atoms with Gasteiger partial charge in [0.25, 0.3) is 0 Å². The van der Waals surface area contributed by atoms with Gasteiger partial charge in [-0.2, -0.15) is 0 Å². The van der Waals surface area contributed by atoms with Crippen molar-refractivity contribution >= 4 is 17.0 Å². The molecule has 2 N–H and O–H groups in total. The topological polar surface area (TPSA) is 67.2 Å². The summed E-state index contributed by atoms with van der Waals surface area (Å²) in [5, 5.41) is 13.1. The smallest absolute Gasteiger partial charge is 0.336 e. The molecule has 4 aromatic rings. The van der Waals surface area contributed by atoms with Crippen LogP contribution in [0.3, 0.4) is 0 Å². The van der Waals surface area contributed by atoms with E-state index in [-0.39, 0.29) is 0 Å². The van der Waals surface area contributed by atoms with Gasteiger partial charge in [-0.15, -0.1) is 0 Å². The van der Waals surface area contributed by atoms with Crippen molar-refractivity contribution in [2.45, 2.75) is 45.2 Å². The Hall–Kier alpha value is -3.44. The number of hydrogen-bond acceptors (Lipinski definition) is 3. The standard InChI is InChI=1S/C28H29N3O2/c1-2-6-27-30-25-15-14-21(24-9-5-16-29-24)17-26(25)31(27)18-19-10-12-20(13-11-19)22-7-3-4-8-23(22)28(32)33/h3-4,7-8,10-15,17,24,29H,2,5-6,9,16,18H2,1H3,(H,32,33). The molecule has 0 saturated carbocycles. The number of carboxylic acids is 1. The fraction of sp³-hybridized carbons (Fsp3) is 0.286. The molecular weight excluding hydrogens is 410 g/mol. The predicted octanol–water partition coefficient (Wildman–Crippen LogP) is 5.83. The molecule has 1 aliphatic heterocycles. The number of imidazole rings is 1. The summed E-state index contributed by atoms with van der Waals surface area (Å²) in [4.78, 5) is 16.5. The zero-order valence-corrected chi connectivity index (χ0v) is 18.9. The van der Waals surface area contributed by atoms with Gasteiger partial charge in [0.05, 0.1) is 16.6 Å². The SMILES string of the molecule is CCCc1nc2ccc(C3CCCN3)cc2n1Cc1ccc(-c2ccccc2C(=O)O)cc1. The summed E-state index contributed by atoms with van der Waals surface area (Å²) in [7, 11) is 0. The minimum atomic E-state index is -0.906. The van der Waals surface area contributed by atoms with Crippen LogP contribution in [-0.4, -0.2) is 27.2 Å². The summed E-state index contributed by atoms with van der Waals surface area (Å²) >= 11 is 0. The molecule has 0 bridgehead atoms. The van der Waals surface area contributed by atoms with Crippen molar-refractivity contribution in [3.05, 3.63) is 89.2 Å². The lowest BCUT2D eigenvalue weighted by Crippen LogP contribution is -2.13. The first-order valence-electron chi connectivity index (χ1n) is 11.8. The summed E-state index contributed by atoms with van der Waals surface area (Å²) in [5.74, 6) is 0.209. The Balaban J connectivity index is 1.48. The van der Waals surface area contributed by atoms with Crippen LogP contribution < -0.4 is 5.32 Å². The van der Waals surface area contributed by atoms with Crippen LogP contribution in [0.15, 0.2) is 66.7 Å². The van der Waals surface area contributed by atoms with Crippen LogP contribution >= 0.6 is 0 Å². The lowest BCUT2D eigenvalue weighted by atomic mass is 9.98. The zero-order valence-electron chi connectivity index (χ0n) is 18.9. The van der Waals surface area contributed by atoms with Crippen molar-refractivity contribution in [1.82, 2.24) is 14.9 Å². The van der Waals surface area contributed by atoms with Crippen LogP contribution in [0.25, 0.3) is 22.2 Å². The van der Waals surface area contributed by atoms with Gasteiger partial charge in [0.1, 0.15) is 5.82 Å². The van der Waals surface area contributed by atoms with Crippen LogP contribution in [0, 0.1) is 0 Å². The fourth-order valence-electron chi connectivity index (χ4n) is 4.86. The number of carbonyl (C=O) groups is 1. The first-order chi connectivity index (χ1) is 16.1. The predicted molar refractivity (Wildman–Crippen MR) is 132 cm³/mol. The summed E-state index contributed by atoms with van der Waals surface area (Å²) < 4.78 is 2.34. The third-order valence-corrected chi connectivity index (χ3v) is 6.55. The molecule has 0 amide bonds. The average Bonchev–Trinajstić information content (AvgIpc) is 3.48. The van der Waals surface area contributed by atoms with Gasteiger partial charge >= 0.3 is 5.97 Å². The largest absolute Gasteiger partial charge is 0.478 e. The molecule has 1 unspecified atom stereocenters. The van der Waals surface area contributed by atoms with Gasteiger partial charge in [-0.3, -0.25) is 0 Å². The second-order valence-electron chi connectivity index (χ2n) is 8.81. The molecule has 0 aliphatic carbocycles. The molecule has 1 aromatic heterocycles. The van der Waals surface area contributed by atoms with E-state index in [1.807, 2.05) is 24.3 Å². The molecule has 3 aromatic carbocycles. The highest BCUT2D eigenvalue weighted by Gasteiger charge is 2.19. The molecule has 5 heteroatoms. The highest BCUT2D eigenvalue weighted by molar-refractivity contribution is 5.96. The third kappa shape index (κ3) is 4.29. The Morgan fingerprint density at radius 2 is 1.94 bits per heavy atom. The van der Waals surface area contributed by atoms with Gasteiger partial charge in [0.2, 0.25) is 0 Å². The van der Waals surface area contributed by atoms with Crippen LogP contribution in [0.1, 0.15) is 59.5 Å². The summed E-state index contributed by atoms with van der Waals surface area (Å²) in [5.41, 5.74) is 6.72. The van der Waals surface area contributed by atoms with Crippen LogP contribution in [0.5, 0.6) is 0 Å². The van der Waals surface area contributed by atoms with Crippen LogP contribution in [-0.2, 0) is 13.0 Å². The molecule has 2 heterocycles.